The predicted octanol–water partition coefficient (Wildman–Crippen LogP) is 4.87. The first-order chi connectivity index (χ1) is 8.79. The molecule has 1 fully saturated rings. The number of hydrogen-bond donors (Lipinski definition) is 1. The standard InChI is InChI=1S/C15H22ClNS/c1-2-3-4-9-18-15-8-5-12(10-14(15)16)11-17-13-6-7-13/h5,8,10,13,17H,2-4,6-7,9,11H2,1H3. The first kappa shape index (κ1) is 14.2. The number of unbranched alkanes of at least 4 members (excludes halogenated alkanes) is 2. The Balaban J connectivity index is 1.79. The summed E-state index contributed by atoms with van der Waals surface area (Å²) >= 11 is 8.20. The Morgan fingerprint density at radius 2 is 2.17 bits per heavy atom. The third kappa shape index (κ3) is 4.83. The molecule has 18 heavy (non-hydrogen) atoms. The average molecular weight is 284 g/mol. The molecule has 0 amide bonds. The summed E-state index contributed by atoms with van der Waals surface area (Å²) in [5, 5.41) is 4.42. The third-order valence-corrected chi connectivity index (χ3v) is 4.76. The zero-order valence-electron chi connectivity index (χ0n) is 11.0. The van der Waals surface area contributed by atoms with Gasteiger partial charge < -0.3 is 5.32 Å². The fourth-order valence-corrected chi connectivity index (χ4v) is 3.15. The lowest BCUT2D eigenvalue weighted by atomic mass is 10.2. The first-order valence-corrected chi connectivity index (χ1v) is 8.30. The van der Waals surface area contributed by atoms with Gasteiger partial charge in [-0.2, -0.15) is 0 Å². The molecule has 1 N–H and O–H groups in total. The molecule has 1 aliphatic rings. The first-order valence-electron chi connectivity index (χ1n) is 6.94. The molecule has 3 heteroatoms. The minimum atomic E-state index is 0.756. The number of nitrogens with one attached hydrogen (secondary N) is 1. The molecule has 1 nitrogen and oxygen atoms in total. The van der Waals surface area contributed by atoms with Crippen LogP contribution in [0.2, 0.25) is 5.02 Å². The normalized spacial score (nSPS) is 15.0. The van der Waals surface area contributed by atoms with Crippen molar-refractivity contribution in [1.29, 1.82) is 0 Å². The molecule has 0 radical (unpaired) electrons. The minimum absolute atomic E-state index is 0.756. The maximum absolute atomic E-state index is 6.32. The zero-order valence-corrected chi connectivity index (χ0v) is 12.6. The second kappa shape index (κ2) is 7.42. The number of thioether (sulfide) groups is 1. The molecule has 1 aromatic carbocycles. The second-order valence-corrected chi connectivity index (χ2v) is 6.52. The van der Waals surface area contributed by atoms with E-state index in [9.17, 15) is 0 Å². The molecule has 0 unspecified atom stereocenters. The van der Waals surface area contributed by atoms with Crippen LogP contribution in [0, 0.1) is 0 Å². The fourth-order valence-electron chi connectivity index (χ4n) is 1.86. The van der Waals surface area contributed by atoms with Gasteiger partial charge in [-0.25, -0.2) is 0 Å². The molecule has 1 aromatic rings. The van der Waals surface area contributed by atoms with E-state index in [1.807, 2.05) is 11.8 Å². The third-order valence-electron chi connectivity index (χ3n) is 3.17. The molecule has 100 valence electrons. The number of halogens is 1. The van der Waals surface area contributed by atoms with Crippen molar-refractivity contribution < 1.29 is 0 Å². The van der Waals surface area contributed by atoms with Gasteiger partial charge >= 0.3 is 0 Å². The predicted molar refractivity (Wildman–Crippen MR) is 81.6 cm³/mol. The molecule has 1 saturated carbocycles. The summed E-state index contributed by atoms with van der Waals surface area (Å²) in [4.78, 5) is 1.22. The molecular formula is C15H22ClNS. The Morgan fingerprint density at radius 3 is 2.83 bits per heavy atom. The van der Waals surface area contributed by atoms with Crippen molar-refractivity contribution in [2.45, 2.75) is 56.5 Å². The number of benzene rings is 1. The van der Waals surface area contributed by atoms with Crippen LogP contribution in [0.1, 0.15) is 44.6 Å². The largest absolute Gasteiger partial charge is 0.310 e. The molecular weight excluding hydrogens is 262 g/mol. The molecule has 2 rings (SSSR count). The highest BCUT2D eigenvalue weighted by Gasteiger charge is 2.19. The number of hydrogen-bond acceptors (Lipinski definition) is 2. The lowest BCUT2D eigenvalue weighted by Crippen LogP contribution is -2.15. The molecule has 0 aromatic heterocycles. The van der Waals surface area contributed by atoms with Gasteiger partial charge in [0.1, 0.15) is 0 Å². The van der Waals surface area contributed by atoms with E-state index in [1.165, 1.54) is 48.3 Å². The molecule has 0 aliphatic heterocycles. The van der Waals surface area contributed by atoms with Gasteiger partial charge in [0.25, 0.3) is 0 Å². The molecule has 0 atom stereocenters. The molecule has 0 bridgehead atoms. The summed E-state index contributed by atoms with van der Waals surface area (Å²) in [7, 11) is 0. The Kier molecular flexibility index (Phi) is 5.87. The van der Waals surface area contributed by atoms with Crippen molar-refractivity contribution in [1.82, 2.24) is 5.32 Å². The summed E-state index contributed by atoms with van der Waals surface area (Å²) in [6.45, 7) is 3.18. The number of rotatable bonds is 8. The smallest absolute Gasteiger partial charge is 0.0545 e. The van der Waals surface area contributed by atoms with Crippen LogP contribution in [0.3, 0.4) is 0 Å². The fraction of sp³-hybridized carbons (Fsp3) is 0.600. The Morgan fingerprint density at radius 1 is 1.33 bits per heavy atom. The van der Waals surface area contributed by atoms with Crippen LogP contribution in [0.5, 0.6) is 0 Å². The maximum Gasteiger partial charge on any atom is 0.0545 e. The van der Waals surface area contributed by atoms with Gasteiger partial charge in [-0.1, -0.05) is 37.4 Å². The minimum Gasteiger partial charge on any atom is -0.310 e. The van der Waals surface area contributed by atoms with Crippen molar-refractivity contribution in [2.24, 2.45) is 0 Å². The second-order valence-electron chi connectivity index (χ2n) is 4.98. The highest BCUT2D eigenvalue weighted by molar-refractivity contribution is 7.99. The van der Waals surface area contributed by atoms with E-state index in [4.69, 9.17) is 11.6 Å². The topological polar surface area (TPSA) is 12.0 Å². The zero-order chi connectivity index (χ0) is 12.8. The van der Waals surface area contributed by atoms with Gasteiger partial charge in [-0.15, -0.1) is 11.8 Å². The average Bonchev–Trinajstić information content (AvgIpc) is 3.18. The van der Waals surface area contributed by atoms with E-state index >= 15 is 0 Å². The van der Waals surface area contributed by atoms with E-state index in [0.29, 0.717) is 0 Å². The van der Waals surface area contributed by atoms with Gasteiger partial charge in [0.15, 0.2) is 0 Å². The quantitative estimate of drug-likeness (QED) is 0.539. The van der Waals surface area contributed by atoms with Crippen molar-refractivity contribution in [2.75, 3.05) is 5.75 Å². The van der Waals surface area contributed by atoms with Gasteiger partial charge in [0.05, 0.1) is 5.02 Å². The lowest BCUT2D eigenvalue weighted by Gasteiger charge is -2.07. The van der Waals surface area contributed by atoms with Crippen LogP contribution in [-0.4, -0.2) is 11.8 Å². The monoisotopic (exact) mass is 283 g/mol. The highest BCUT2D eigenvalue weighted by Crippen LogP contribution is 2.29. The van der Waals surface area contributed by atoms with Crippen LogP contribution >= 0.6 is 23.4 Å². The van der Waals surface area contributed by atoms with Crippen molar-refractivity contribution in [3.05, 3.63) is 28.8 Å². The van der Waals surface area contributed by atoms with Crippen molar-refractivity contribution in [3.8, 4) is 0 Å². The van der Waals surface area contributed by atoms with Crippen molar-refractivity contribution in [3.63, 3.8) is 0 Å². The summed E-state index contributed by atoms with van der Waals surface area (Å²) in [6.07, 6.45) is 6.54. The summed E-state index contributed by atoms with van der Waals surface area (Å²) in [5.74, 6) is 1.17. The Hall–Kier alpha value is -0.180. The van der Waals surface area contributed by atoms with E-state index in [-0.39, 0.29) is 0 Å². The summed E-state index contributed by atoms with van der Waals surface area (Å²) in [5.41, 5.74) is 1.30. The maximum atomic E-state index is 6.32. The lowest BCUT2D eigenvalue weighted by molar-refractivity contribution is 0.687. The van der Waals surface area contributed by atoms with Crippen molar-refractivity contribution >= 4 is 23.4 Å². The summed E-state index contributed by atoms with van der Waals surface area (Å²) in [6, 6.07) is 7.23. The summed E-state index contributed by atoms with van der Waals surface area (Å²) < 4.78 is 0. The van der Waals surface area contributed by atoms with Crippen LogP contribution in [-0.2, 0) is 6.54 Å². The van der Waals surface area contributed by atoms with E-state index in [1.54, 1.807) is 0 Å². The van der Waals surface area contributed by atoms with Crippen LogP contribution in [0.25, 0.3) is 0 Å². The van der Waals surface area contributed by atoms with Crippen LogP contribution < -0.4 is 5.32 Å². The SMILES string of the molecule is CCCCCSc1ccc(CNC2CC2)cc1Cl. The Labute approximate surface area is 120 Å². The molecule has 0 spiro atoms. The van der Waals surface area contributed by atoms with Gasteiger partial charge in [-0.3, -0.25) is 0 Å². The van der Waals surface area contributed by atoms with Gasteiger partial charge in [-0.05, 0) is 42.7 Å². The van der Waals surface area contributed by atoms with Crippen LogP contribution in [0.15, 0.2) is 23.1 Å². The highest BCUT2D eigenvalue weighted by atomic mass is 35.5. The van der Waals surface area contributed by atoms with E-state index in [0.717, 1.165) is 17.6 Å². The van der Waals surface area contributed by atoms with Gasteiger partial charge in [0.2, 0.25) is 0 Å². The molecule has 0 saturated heterocycles. The van der Waals surface area contributed by atoms with E-state index < -0.39 is 0 Å². The van der Waals surface area contributed by atoms with Crippen LogP contribution in [0.4, 0.5) is 0 Å². The molecule has 0 heterocycles. The van der Waals surface area contributed by atoms with E-state index in [2.05, 4.69) is 30.4 Å². The Bertz CT molecular complexity index is 377. The molecule has 1 aliphatic carbocycles. The van der Waals surface area contributed by atoms with Gasteiger partial charge in [0, 0.05) is 17.5 Å².